The number of cyclic esters (lactones) is 1. The molecule has 0 aliphatic carbocycles. The Morgan fingerprint density at radius 1 is 0.974 bits per heavy atom. The monoisotopic (exact) mass is 533 g/mol. The Balaban J connectivity index is 1.11. The van der Waals surface area contributed by atoms with E-state index in [1.165, 1.54) is 16.7 Å². The number of ether oxygens (including phenoxy) is 2. The summed E-state index contributed by atoms with van der Waals surface area (Å²) < 4.78 is 10.6. The number of benzene rings is 1. The number of carbonyl (C=O) groups is 3. The van der Waals surface area contributed by atoms with E-state index in [4.69, 9.17) is 9.47 Å². The number of hydrogen-bond acceptors (Lipinski definition) is 9. The Hall–Kier alpha value is -3.99. The zero-order valence-electron chi connectivity index (χ0n) is 20.6. The molecule has 10 nitrogen and oxygen atoms in total. The predicted octanol–water partition coefficient (Wildman–Crippen LogP) is 3.19. The van der Waals surface area contributed by atoms with E-state index in [1.54, 1.807) is 23.4 Å². The topological polar surface area (TPSA) is 115 Å². The fraction of sp³-hybridized carbons (Fsp3) is 0.333. The Kier molecular flexibility index (Phi) is 8.12. The van der Waals surface area contributed by atoms with Gasteiger partial charge in [-0.2, -0.15) is 0 Å². The molecule has 4 heterocycles. The van der Waals surface area contributed by atoms with Crippen molar-refractivity contribution < 1.29 is 23.9 Å². The van der Waals surface area contributed by atoms with Gasteiger partial charge in [-0.1, -0.05) is 48.2 Å². The van der Waals surface area contributed by atoms with Gasteiger partial charge in [0.2, 0.25) is 5.91 Å². The number of esters is 1. The van der Waals surface area contributed by atoms with E-state index in [9.17, 15) is 14.4 Å². The lowest BCUT2D eigenvalue weighted by Gasteiger charge is -2.37. The zero-order valence-corrected chi connectivity index (χ0v) is 21.5. The second-order valence-electron chi connectivity index (χ2n) is 8.93. The van der Waals surface area contributed by atoms with Crippen molar-refractivity contribution in [3.63, 3.8) is 0 Å². The molecule has 2 aromatic heterocycles. The number of pyridine rings is 1. The third kappa shape index (κ3) is 6.10. The lowest BCUT2D eigenvalue weighted by Crippen LogP contribution is -2.52. The molecule has 2 amide bonds. The van der Waals surface area contributed by atoms with E-state index < -0.39 is 18.1 Å². The van der Waals surface area contributed by atoms with Gasteiger partial charge < -0.3 is 14.4 Å². The molecule has 3 aromatic rings. The number of rotatable bonds is 8. The van der Waals surface area contributed by atoms with Crippen molar-refractivity contribution in [2.45, 2.75) is 36.7 Å². The van der Waals surface area contributed by atoms with Gasteiger partial charge in [0.15, 0.2) is 11.2 Å². The van der Waals surface area contributed by atoms with Crippen molar-refractivity contribution in [3.8, 4) is 11.4 Å². The first kappa shape index (κ1) is 25.7. The molecular weight excluding hydrogens is 506 g/mol. The molecule has 0 N–H and O–H groups in total. The van der Waals surface area contributed by atoms with E-state index in [-0.39, 0.29) is 30.9 Å². The third-order valence-electron chi connectivity index (χ3n) is 6.50. The van der Waals surface area contributed by atoms with E-state index in [2.05, 4.69) is 15.0 Å². The van der Waals surface area contributed by atoms with Crippen LogP contribution < -0.4 is 0 Å². The van der Waals surface area contributed by atoms with Crippen LogP contribution in [0.4, 0.5) is 4.79 Å². The summed E-state index contributed by atoms with van der Waals surface area (Å²) in [5.74, 6) is -0.304. The van der Waals surface area contributed by atoms with Gasteiger partial charge in [0.1, 0.15) is 13.2 Å². The number of piperidine rings is 1. The molecule has 1 atom stereocenters. The minimum atomic E-state index is -0.780. The largest absolute Gasteiger partial charge is 0.459 e. The Morgan fingerprint density at radius 2 is 1.76 bits per heavy atom. The summed E-state index contributed by atoms with van der Waals surface area (Å²) in [5.41, 5.74) is 2.31. The van der Waals surface area contributed by atoms with Gasteiger partial charge in [0.05, 0.1) is 17.1 Å². The molecule has 5 rings (SSSR count). The average Bonchev–Trinajstić information content (AvgIpc) is 3.37. The van der Waals surface area contributed by atoms with Crippen LogP contribution in [0.25, 0.3) is 11.4 Å². The molecule has 38 heavy (non-hydrogen) atoms. The molecule has 0 bridgehead atoms. The fourth-order valence-electron chi connectivity index (χ4n) is 4.52. The minimum absolute atomic E-state index is 0.0249. The molecule has 2 aliphatic rings. The van der Waals surface area contributed by atoms with Crippen molar-refractivity contribution in [1.29, 1.82) is 0 Å². The van der Waals surface area contributed by atoms with Crippen molar-refractivity contribution >= 4 is 29.7 Å². The maximum absolute atomic E-state index is 12.9. The molecule has 2 fully saturated rings. The third-order valence-corrected chi connectivity index (χ3v) is 7.35. The summed E-state index contributed by atoms with van der Waals surface area (Å²) in [4.78, 5) is 54.4. The molecule has 196 valence electrons. The van der Waals surface area contributed by atoms with Crippen LogP contribution in [0.3, 0.4) is 0 Å². The van der Waals surface area contributed by atoms with Crippen molar-refractivity contribution in [2.24, 2.45) is 0 Å². The molecule has 0 spiro atoms. The Bertz CT molecular complexity index is 1270. The quantitative estimate of drug-likeness (QED) is 0.245. The van der Waals surface area contributed by atoms with Crippen molar-refractivity contribution in [2.75, 3.05) is 25.4 Å². The molecule has 1 unspecified atom stereocenters. The number of likely N-dealkylation sites (tertiary alicyclic amines) is 1. The molecule has 2 aliphatic heterocycles. The first-order valence-electron chi connectivity index (χ1n) is 12.4. The molecule has 0 radical (unpaired) electrons. The number of thioether (sulfide) groups is 1. The van der Waals surface area contributed by atoms with Crippen LogP contribution in [0.2, 0.25) is 0 Å². The normalized spacial score (nSPS) is 17.8. The fourth-order valence-corrected chi connectivity index (χ4v) is 5.25. The SMILES string of the molecule is O=C(OCc1ccccc1)C1COC(=O)N1C1CCN(C(=O)CSc2nccc(-c3ccccn3)n2)CC1. The lowest BCUT2D eigenvalue weighted by molar-refractivity contribution is -0.150. The number of nitrogens with zero attached hydrogens (tertiary/aromatic N) is 5. The highest BCUT2D eigenvalue weighted by Gasteiger charge is 2.44. The van der Waals surface area contributed by atoms with Crippen LogP contribution in [0.15, 0.2) is 72.1 Å². The second-order valence-corrected chi connectivity index (χ2v) is 9.88. The highest BCUT2D eigenvalue weighted by molar-refractivity contribution is 7.99. The van der Waals surface area contributed by atoms with Gasteiger partial charge in [0, 0.05) is 31.5 Å². The zero-order chi connectivity index (χ0) is 26.3. The standard InChI is InChI=1S/C27H27N5O5S/c33-24(18-38-26-29-13-9-22(30-26)21-8-4-5-12-28-21)31-14-10-20(11-15-31)32-23(17-37-27(32)35)25(34)36-16-19-6-2-1-3-7-19/h1-9,12-13,20,23H,10-11,14-18H2. The summed E-state index contributed by atoms with van der Waals surface area (Å²) in [5, 5.41) is 0.507. The van der Waals surface area contributed by atoms with E-state index in [0.29, 0.717) is 36.8 Å². The summed E-state index contributed by atoms with van der Waals surface area (Å²) in [7, 11) is 0. The van der Waals surface area contributed by atoms with E-state index >= 15 is 0 Å². The summed E-state index contributed by atoms with van der Waals surface area (Å²) in [6.45, 7) is 1.07. The van der Waals surface area contributed by atoms with Crippen molar-refractivity contribution in [1.82, 2.24) is 24.8 Å². The van der Waals surface area contributed by atoms with Gasteiger partial charge >= 0.3 is 12.1 Å². The maximum atomic E-state index is 12.9. The first-order chi connectivity index (χ1) is 18.6. The summed E-state index contributed by atoms with van der Waals surface area (Å²) in [6.07, 6.45) is 3.96. The number of carbonyl (C=O) groups excluding carboxylic acids is 3. The van der Waals surface area contributed by atoms with Gasteiger partial charge in [-0.3, -0.25) is 14.7 Å². The highest BCUT2D eigenvalue weighted by atomic mass is 32.2. The number of hydrogen-bond donors (Lipinski definition) is 0. The summed E-state index contributed by atoms with van der Waals surface area (Å²) in [6, 6.07) is 15.8. The van der Waals surface area contributed by atoms with Crippen LogP contribution in [0, 0.1) is 0 Å². The first-order valence-corrected chi connectivity index (χ1v) is 13.4. The minimum Gasteiger partial charge on any atom is -0.459 e. The van der Waals surface area contributed by atoms with Crippen LogP contribution >= 0.6 is 11.8 Å². The summed E-state index contributed by atoms with van der Waals surface area (Å²) >= 11 is 1.28. The van der Waals surface area contributed by atoms with E-state index in [0.717, 1.165) is 11.3 Å². The molecule has 2 saturated heterocycles. The van der Waals surface area contributed by atoms with Gasteiger partial charge in [0.25, 0.3) is 0 Å². The van der Waals surface area contributed by atoms with Crippen LogP contribution in [-0.4, -0.2) is 80.3 Å². The second kappa shape index (κ2) is 12.0. The Morgan fingerprint density at radius 3 is 2.53 bits per heavy atom. The highest BCUT2D eigenvalue weighted by Crippen LogP contribution is 2.26. The predicted molar refractivity (Wildman–Crippen MR) is 139 cm³/mol. The maximum Gasteiger partial charge on any atom is 0.410 e. The number of aromatic nitrogens is 3. The van der Waals surface area contributed by atoms with Crippen molar-refractivity contribution in [3.05, 3.63) is 72.6 Å². The molecule has 1 aromatic carbocycles. The van der Waals surface area contributed by atoms with Crippen LogP contribution in [-0.2, 0) is 25.7 Å². The smallest absolute Gasteiger partial charge is 0.410 e. The Labute approximate surface area is 224 Å². The van der Waals surface area contributed by atoms with E-state index in [1.807, 2.05) is 48.5 Å². The van der Waals surface area contributed by atoms with Gasteiger partial charge in [-0.15, -0.1) is 0 Å². The van der Waals surface area contributed by atoms with Crippen LogP contribution in [0.1, 0.15) is 18.4 Å². The van der Waals surface area contributed by atoms with Gasteiger partial charge in [-0.25, -0.2) is 19.6 Å². The van der Waals surface area contributed by atoms with Gasteiger partial charge in [-0.05, 0) is 36.6 Å². The molecule has 11 heteroatoms. The lowest BCUT2D eigenvalue weighted by atomic mass is 10.0. The molecule has 0 saturated carbocycles. The average molecular weight is 534 g/mol. The van der Waals surface area contributed by atoms with Crippen LogP contribution in [0.5, 0.6) is 0 Å². The molecular formula is C27H27N5O5S. The number of amides is 2.